The summed E-state index contributed by atoms with van der Waals surface area (Å²) in [6, 6.07) is 4.60. The fourth-order valence-corrected chi connectivity index (χ4v) is 1.94. The molecule has 2 heterocycles. The SMILES string of the molecule is O=C1Nc2ccc(N(O)O)cc2C1=Cc1cnc[nH]1. The van der Waals surface area contributed by atoms with Gasteiger partial charge in [-0.1, -0.05) is 0 Å². The van der Waals surface area contributed by atoms with Crippen molar-refractivity contribution < 1.29 is 15.2 Å². The summed E-state index contributed by atoms with van der Waals surface area (Å²) in [5.74, 6) is -0.246. The van der Waals surface area contributed by atoms with Crippen LogP contribution in [0.5, 0.6) is 0 Å². The number of imidazole rings is 1. The molecule has 1 aromatic carbocycles. The first-order chi connectivity index (χ1) is 9.15. The molecule has 3 rings (SSSR count). The quantitative estimate of drug-likeness (QED) is 0.483. The standard InChI is InChI=1S/C12H10N4O3/c17-12-10(3-7-5-13-6-14-7)9-4-8(16(18)19)1-2-11(9)15-12/h1-6,18-19H,(H,13,14)(H,15,17). The van der Waals surface area contributed by atoms with Crippen molar-refractivity contribution in [3.05, 3.63) is 42.0 Å². The fraction of sp³-hybridized carbons (Fsp3) is 0. The number of nitrogens with one attached hydrogen (secondary N) is 2. The van der Waals surface area contributed by atoms with Gasteiger partial charge in [-0.3, -0.25) is 15.2 Å². The highest BCUT2D eigenvalue weighted by Crippen LogP contribution is 2.35. The van der Waals surface area contributed by atoms with Crippen molar-refractivity contribution in [2.24, 2.45) is 0 Å². The number of anilines is 2. The molecule has 0 saturated carbocycles. The molecule has 0 aliphatic carbocycles. The van der Waals surface area contributed by atoms with Gasteiger partial charge in [0, 0.05) is 11.3 Å². The highest BCUT2D eigenvalue weighted by molar-refractivity contribution is 6.35. The molecule has 0 fully saturated rings. The lowest BCUT2D eigenvalue weighted by Crippen LogP contribution is -2.10. The summed E-state index contributed by atoms with van der Waals surface area (Å²) >= 11 is 0. The average molecular weight is 258 g/mol. The van der Waals surface area contributed by atoms with Crippen LogP contribution < -0.4 is 10.5 Å². The maximum Gasteiger partial charge on any atom is 0.256 e. The molecule has 0 atom stereocenters. The fourth-order valence-electron chi connectivity index (χ4n) is 1.94. The van der Waals surface area contributed by atoms with Crippen LogP contribution in [0.4, 0.5) is 11.4 Å². The smallest absolute Gasteiger partial charge is 0.256 e. The van der Waals surface area contributed by atoms with E-state index in [1.165, 1.54) is 18.5 Å². The summed E-state index contributed by atoms with van der Waals surface area (Å²) in [5.41, 5.74) is 2.52. The molecular formula is C12H10N4O3. The van der Waals surface area contributed by atoms with Crippen LogP contribution in [-0.2, 0) is 4.79 Å². The lowest BCUT2D eigenvalue weighted by Gasteiger charge is -2.09. The Balaban J connectivity index is 2.10. The van der Waals surface area contributed by atoms with E-state index in [0.29, 0.717) is 22.5 Å². The van der Waals surface area contributed by atoms with Gasteiger partial charge in [-0.25, -0.2) is 4.98 Å². The van der Waals surface area contributed by atoms with Gasteiger partial charge in [-0.2, -0.15) is 0 Å². The van der Waals surface area contributed by atoms with Crippen LogP contribution in [-0.4, -0.2) is 26.3 Å². The number of H-pyrrole nitrogens is 1. The topological polar surface area (TPSA) is 101 Å². The Hall–Kier alpha value is -2.64. The molecule has 4 N–H and O–H groups in total. The molecule has 1 amide bonds. The highest BCUT2D eigenvalue weighted by atomic mass is 16.8. The number of nitrogens with zero attached hydrogens (tertiary/aromatic N) is 2. The molecule has 2 aromatic rings. The first kappa shape index (κ1) is 11.5. The van der Waals surface area contributed by atoms with Gasteiger partial charge in [0.15, 0.2) is 0 Å². The van der Waals surface area contributed by atoms with Gasteiger partial charge in [0.2, 0.25) is 0 Å². The number of aromatic amines is 1. The van der Waals surface area contributed by atoms with E-state index < -0.39 is 0 Å². The zero-order chi connectivity index (χ0) is 13.4. The average Bonchev–Trinajstić information content (AvgIpc) is 2.98. The minimum atomic E-state index is -0.246. The Morgan fingerprint density at radius 1 is 1.32 bits per heavy atom. The summed E-state index contributed by atoms with van der Waals surface area (Å²) in [6.07, 6.45) is 4.75. The molecule has 7 nitrogen and oxygen atoms in total. The van der Waals surface area contributed by atoms with E-state index >= 15 is 0 Å². The first-order valence-corrected chi connectivity index (χ1v) is 5.49. The Kier molecular flexibility index (Phi) is 2.55. The Bertz CT molecular complexity index is 662. The number of amides is 1. The zero-order valence-electron chi connectivity index (χ0n) is 9.66. The maximum absolute atomic E-state index is 11.9. The number of aromatic nitrogens is 2. The third-order valence-electron chi connectivity index (χ3n) is 2.84. The van der Waals surface area contributed by atoms with Crippen molar-refractivity contribution in [3.8, 4) is 0 Å². The van der Waals surface area contributed by atoms with E-state index in [0.717, 1.165) is 0 Å². The number of hydrogen-bond donors (Lipinski definition) is 4. The van der Waals surface area contributed by atoms with Gasteiger partial charge < -0.3 is 10.3 Å². The Morgan fingerprint density at radius 3 is 2.84 bits per heavy atom. The van der Waals surface area contributed by atoms with Crippen LogP contribution in [0.25, 0.3) is 11.6 Å². The molecule has 19 heavy (non-hydrogen) atoms. The number of fused-ring (bicyclic) bond motifs is 1. The lowest BCUT2D eigenvalue weighted by molar-refractivity contribution is -0.110. The van der Waals surface area contributed by atoms with E-state index in [-0.39, 0.29) is 16.8 Å². The van der Waals surface area contributed by atoms with Crippen molar-refractivity contribution >= 4 is 28.9 Å². The van der Waals surface area contributed by atoms with Crippen molar-refractivity contribution in [2.45, 2.75) is 0 Å². The molecule has 1 aliphatic rings. The van der Waals surface area contributed by atoms with Gasteiger partial charge in [-0.15, -0.1) is 5.23 Å². The predicted molar refractivity (Wildman–Crippen MR) is 67.6 cm³/mol. The van der Waals surface area contributed by atoms with Gasteiger partial charge in [0.05, 0.1) is 29.5 Å². The third kappa shape index (κ3) is 1.96. The maximum atomic E-state index is 11.9. The van der Waals surface area contributed by atoms with E-state index in [1.54, 1.807) is 18.3 Å². The monoisotopic (exact) mass is 258 g/mol. The van der Waals surface area contributed by atoms with Gasteiger partial charge >= 0.3 is 0 Å². The first-order valence-electron chi connectivity index (χ1n) is 5.49. The number of carbonyl (C=O) groups is 1. The summed E-state index contributed by atoms with van der Waals surface area (Å²) in [4.78, 5) is 18.6. The molecule has 0 unspecified atom stereocenters. The van der Waals surface area contributed by atoms with Crippen LogP contribution in [0.3, 0.4) is 0 Å². The second-order valence-electron chi connectivity index (χ2n) is 4.04. The summed E-state index contributed by atoms with van der Waals surface area (Å²) in [5, 5.41) is 20.7. The summed E-state index contributed by atoms with van der Waals surface area (Å²) < 4.78 is 0. The summed E-state index contributed by atoms with van der Waals surface area (Å²) in [7, 11) is 0. The van der Waals surface area contributed by atoms with E-state index in [9.17, 15) is 4.79 Å². The second kappa shape index (κ2) is 4.23. The molecule has 1 aromatic heterocycles. The third-order valence-corrected chi connectivity index (χ3v) is 2.84. The van der Waals surface area contributed by atoms with Crippen molar-refractivity contribution in [1.82, 2.24) is 9.97 Å². The van der Waals surface area contributed by atoms with Gasteiger partial charge in [-0.05, 0) is 24.3 Å². The molecule has 7 heteroatoms. The zero-order valence-corrected chi connectivity index (χ0v) is 9.66. The Morgan fingerprint density at radius 2 is 2.16 bits per heavy atom. The van der Waals surface area contributed by atoms with E-state index in [2.05, 4.69) is 15.3 Å². The van der Waals surface area contributed by atoms with Crippen molar-refractivity contribution in [3.63, 3.8) is 0 Å². The van der Waals surface area contributed by atoms with Crippen LogP contribution >= 0.6 is 0 Å². The molecule has 0 radical (unpaired) electrons. The van der Waals surface area contributed by atoms with E-state index in [4.69, 9.17) is 10.4 Å². The molecule has 1 aliphatic heterocycles. The molecule has 0 bridgehead atoms. The predicted octanol–water partition coefficient (Wildman–Crippen LogP) is 1.49. The van der Waals surface area contributed by atoms with Crippen molar-refractivity contribution in [2.75, 3.05) is 10.5 Å². The van der Waals surface area contributed by atoms with Crippen LogP contribution in [0.2, 0.25) is 0 Å². The Labute approximate surface area is 107 Å². The molecule has 0 spiro atoms. The van der Waals surface area contributed by atoms with Crippen LogP contribution in [0, 0.1) is 0 Å². The number of carbonyl (C=O) groups excluding carboxylic acids is 1. The van der Waals surface area contributed by atoms with Gasteiger partial charge in [0.25, 0.3) is 5.91 Å². The molecular weight excluding hydrogens is 248 g/mol. The number of hydrogen-bond acceptors (Lipinski definition) is 5. The van der Waals surface area contributed by atoms with Gasteiger partial charge in [0.1, 0.15) is 0 Å². The molecule has 96 valence electrons. The largest absolute Gasteiger partial charge is 0.345 e. The highest BCUT2D eigenvalue weighted by Gasteiger charge is 2.25. The molecule has 0 saturated heterocycles. The summed E-state index contributed by atoms with van der Waals surface area (Å²) in [6.45, 7) is 0. The van der Waals surface area contributed by atoms with Crippen molar-refractivity contribution in [1.29, 1.82) is 0 Å². The normalized spacial score (nSPS) is 15.5. The van der Waals surface area contributed by atoms with Crippen LogP contribution in [0.15, 0.2) is 30.7 Å². The second-order valence-corrected chi connectivity index (χ2v) is 4.04. The number of rotatable bonds is 2. The minimum Gasteiger partial charge on any atom is -0.345 e. The minimum absolute atomic E-state index is 0.0108. The van der Waals surface area contributed by atoms with E-state index in [1.807, 2.05) is 0 Å². The van der Waals surface area contributed by atoms with Crippen LogP contribution in [0.1, 0.15) is 11.3 Å². The number of benzene rings is 1. The lowest BCUT2D eigenvalue weighted by atomic mass is 10.1.